The van der Waals surface area contributed by atoms with Gasteiger partial charge in [0.25, 0.3) is 0 Å². The third-order valence-electron chi connectivity index (χ3n) is 7.74. The van der Waals surface area contributed by atoms with Gasteiger partial charge in [0.2, 0.25) is 5.91 Å². The van der Waals surface area contributed by atoms with Crippen molar-refractivity contribution in [2.75, 3.05) is 43.9 Å². The molecule has 1 spiro atoms. The summed E-state index contributed by atoms with van der Waals surface area (Å²) in [6, 6.07) is 8.99. The van der Waals surface area contributed by atoms with Crippen LogP contribution in [0.3, 0.4) is 0 Å². The minimum absolute atomic E-state index is 0.123. The maximum atomic E-state index is 12.6. The summed E-state index contributed by atoms with van der Waals surface area (Å²) in [7, 11) is 2.03. The summed E-state index contributed by atoms with van der Waals surface area (Å²) in [4.78, 5) is 25.7. The molecule has 9 nitrogen and oxygen atoms in total. The number of halogens is 2. The second-order valence-electron chi connectivity index (χ2n) is 10.0. The molecule has 0 aliphatic carbocycles. The van der Waals surface area contributed by atoms with E-state index in [0.29, 0.717) is 44.7 Å². The molecule has 0 bridgehead atoms. The quantitative estimate of drug-likeness (QED) is 0.299. The molecular formula is C28H31Cl2N7O2. The number of aromatic nitrogens is 2. The Bertz CT molecular complexity index is 1370. The van der Waals surface area contributed by atoms with Crippen LogP contribution in [0.4, 0.5) is 11.5 Å². The smallest absolute Gasteiger partial charge is 0.240 e. The van der Waals surface area contributed by atoms with E-state index in [1.54, 1.807) is 24.4 Å². The predicted octanol–water partition coefficient (Wildman–Crippen LogP) is 4.32. The van der Waals surface area contributed by atoms with Gasteiger partial charge in [0.1, 0.15) is 23.2 Å². The van der Waals surface area contributed by atoms with Crippen LogP contribution in [0.15, 0.2) is 48.9 Å². The highest BCUT2D eigenvalue weighted by molar-refractivity contribution is 6.35. The maximum Gasteiger partial charge on any atom is 0.240 e. The van der Waals surface area contributed by atoms with E-state index in [1.165, 1.54) is 12.4 Å². The van der Waals surface area contributed by atoms with Gasteiger partial charge in [-0.2, -0.15) is 0 Å². The number of carbonyl (C=O) groups excluding carboxylic acids is 1. The Morgan fingerprint density at radius 1 is 1.13 bits per heavy atom. The van der Waals surface area contributed by atoms with Crippen LogP contribution in [0.25, 0.3) is 0 Å². The first-order valence-corrected chi connectivity index (χ1v) is 13.6. The van der Waals surface area contributed by atoms with E-state index in [-0.39, 0.29) is 11.6 Å². The average Bonchev–Trinajstić information content (AvgIpc) is 2.93. The first kappa shape index (κ1) is 27.2. The van der Waals surface area contributed by atoms with Crippen LogP contribution in [0.1, 0.15) is 42.6 Å². The van der Waals surface area contributed by atoms with Crippen LogP contribution in [0, 0.1) is 5.41 Å². The lowest BCUT2D eigenvalue weighted by Crippen LogP contribution is -2.66. The first-order valence-electron chi connectivity index (χ1n) is 12.8. The fourth-order valence-corrected chi connectivity index (χ4v) is 6.05. The number of carbonyl (C=O) groups is 1. The molecule has 4 N–H and O–H groups in total. The molecule has 2 aromatic heterocycles. The predicted molar refractivity (Wildman–Crippen MR) is 154 cm³/mol. The van der Waals surface area contributed by atoms with Gasteiger partial charge < -0.3 is 20.7 Å². The van der Waals surface area contributed by atoms with Gasteiger partial charge in [-0.1, -0.05) is 23.2 Å². The van der Waals surface area contributed by atoms with Gasteiger partial charge in [0.05, 0.1) is 15.8 Å². The monoisotopic (exact) mass is 567 g/mol. The molecule has 1 atom stereocenters. The zero-order valence-electron chi connectivity index (χ0n) is 21.9. The van der Waals surface area contributed by atoms with E-state index in [9.17, 15) is 4.79 Å². The van der Waals surface area contributed by atoms with Gasteiger partial charge in [-0.3, -0.25) is 20.1 Å². The molecule has 2 aliphatic rings. The molecule has 2 aliphatic heterocycles. The number of nitrogens with two attached hydrogens (primary N) is 1. The fourth-order valence-electron chi connectivity index (χ4n) is 5.38. The number of nitrogens with one attached hydrogen (secondary N) is 2. The lowest BCUT2D eigenvalue weighted by Gasteiger charge is -2.48. The largest absolute Gasteiger partial charge is 0.486 e. The van der Waals surface area contributed by atoms with Crippen LogP contribution in [-0.2, 0) is 4.79 Å². The molecule has 11 heteroatoms. The summed E-state index contributed by atoms with van der Waals surface area (Å²) in [5.74, 6) is 1.48. The number of likely N-dealkylation sites (N-methyl/N-ethyl adjacent to an activating group) is 1. The van der Waals surface area contributed by atoms with Crippen LogP contribution in [0.5, 0.6) is 5.75 Å². The molecule has 39 heavy (non-hydrogen) atoms. The number of amides is 1. The Kier molecular flexibility index (Phi) is 7.66. The Morgan fingerprint density at radius 2 is 1.85 bits per heavy atom. The van der Waals surface area contributed by atoms with Crippen LogP contribution < -0.4 is 20.7 Å². The molecule has 1 amide bonds. The number of piperidine rings is 1. The van der Waals surface area contributed by atoms with Gasteiger partial charge in [0, 0.05) is 67.1 Å². The van der Waals surface area contributed by atoms with Crippen molar-refractivity contribution in [2.45, 2.75) is 31.4 Å². The van der Waals surface area contributed by atoms with Crippen molar-refractivity contribution in [2.24, 2.45) is 0 Å². The van der Waals surface area contributed by atoms with Crippen molar-refractivity contribution >= 4 is 46.3 Å². The van der Waals surface area contributed by atoms with Crippen molar-refractivity contribution in [1.29, 1.82) is 5.41 Å². The van der Waals surface area contributed by atoms with E-state index in [0.717, 1.165) is 38.3 Å². The summed E-state index contributed by atoms with van der Waals surface area (Å²) in [5.41, 5.74) is 8.31. The number of pyridine rings is 2. The summed E-state index contributed by atoms with van der Waals surface area (Å²) in [6.45, 7) is 4.87. The van der Waals surface area contributed by atoms with Crippen molar-refractivity contribution in [1.82, 2.24) is 20.2 Å². The number of hydrogen-bond acceptors (Lipinski definition) is 8. The zero-order valence-corrected chi connectivity index (χ0v) is 23.4. The number of nitrogens with zero attached hydrogens (tertiary/aromatic N) is 4. The highest BCUT2D eigenvalue weighted by Gasteiger charge is 2.46. The number of rotatable bonds is 6. The van der Waals surface area contributed by atoms with Crippen molar-refractivity contribution in [3.8, 4) is 5.75 Å². The maximum absolute atomic E-state index is 12.6. The van der Waals surface area contributed by atoms with Crippen LogP contribution >= 0.6 is 23.2 Å². The topological polar surface area (TPSA) is 120 Å². The molecule has 2 fully saturated rings. The molecule has 0 unspecified atom stereocenters. The Labute approximate surface area is 237 Å². The minimum atomic E-state index is -0.442. The van der Waals surface area contributed by atoms with Crippen molar-refractivity contribution < 1.29 is 9.53 Å². The van der Waals surface area contributed by atoms with E-state index < -0.39 is 11.6 Å². The van der Waals surface area contributed by atoms with Gasteiger partial charge in [0.15, 0.2) is 0 Å². The standard InChI is InChI=1S/C28H31Cl2N7O2/c1-17(25-21(29)15-33-16-22(25)30)39-19-4-5-23(31)20(13-19)26(32)18-3-6-24(35-14-18)37-10-7-28(8-11-37)27(38)34-9-12-36(28)2/h3-6,13-17,32H,7-12,31H2,1-2H3,(H,34,38)/t17-/m1/s1. The number of piperazine rings is 1. The average molecular weight is 569 g/mol. The molecule has 0 saturated carbocycles. The van der Waals surface area contributed by atoms with E-state index >= 15 is 0 Å². The summed E-state index contributed by atoms with van der Waals surface area (Å²) < 4.78 is 6.10. The second-order valence-corrected chi connectivity index (χ2v) is 10.8. The number of benzene rings is 1. The van der Waals surface area contributed by atoms with Crippen LogP contribution in [0.2, 0.25) is 10.0 Å². The van der Waals surface area contributed by atoms with E-state index in [4.69, 9.17) is 39.1 Å². The lowest BCUT2D eigenvalue weighted by molar-refractivity contribution is -0.137. The van der Waals surface area contributed by atoms with Gasteiger partial charge >= 0.3 is 0 Å². The molecule has 3 aromatic rings. The second kappa shape index (κ2) is 11.0. The highest BCUT2D eigenvalue weighted by Crippen LogP contribution is 2.34. The number of anilines is 2. The first-order chi connectivity index (χ1) is 18.7. The molecule has 5 rings (SSSR count). The molecule has 4 heterocycles. The summed E-state index contributed by atoms with van der Waals surface area (Å²) in [5, 5.41) is 12.7. The molecule has 2 saturated heterocycles. The van der Waals surface area contributed by atoms with Crippen molar-refractivity contribution in [3.63, 3.8) is 0 Å². The number of nitrogen functional groups attached to an aromatic ring is 1. The SMILES string of the molecule is C[C@@H](Oc1ccc(N)c(C(=N)c2ccc(N3CCC4(CC3)C(=O)NCCN4C)nc2)c1)c1c(Cl)cncc1Cl. The molecule has 204 valence electrons. The van der Waals surface area contributed by atoms with E-state index in [2.05, 4.69) is 25.1 Å². The van der Waals surface area contributed by atoms with Crippen molar-refractivity contribution in [3.05, 3.63) is 75.7 Å². The summed E-state index contributed by atoms with van der Waals surface area (Å²) in [6.07, 6.45) is 5.78. The lowest BCUT2D eigenvalue weighted by atomic mass is 9.83. The molecular weight excluding hydrogens is 537 g/mol. The normalized spacial score (nSPS) is 18.1. The fraction of sp³-hybridized carbons (Fsp3) is 0.357. The van der Waals surface area contributed by atoms with E-state index in [1.807, 2.05) is 26.1 Å². The molecule has 1 aromatic carbocycles. The minimum Gasteiger partial charge on any atom is -0.486 e. The Morgan fingerprint density at radius 3 is 2.49 bits per heavy atom. The highest BCUT2D eigenvalue weighted by atomic mass is 35.5. The zero-order chi connectivity index (χ0) is 27.7. The van der Waals surface area contributed by atoms with Gasteiger partial charge in [-0.25, -0.2) is 4.98 Å². The Hall–Kier alpha value is -3.40. The Balaban J connectivity index is 1.28. The number of hydrogen-bond donors (Lipinski definition) is 3. The van der Waals surface area contributed by atoms with Gasteiger partial charge in [-0.15, -0.1) is 0 Å². The van der Waals surface area contributed by atoms with Crippen LogP contribution in [-0.4, -0.2) is 65.3 Å². The number of ether oxygens (including phenoxy) is 1. The van der Waals surface area contributed by atoms with Gasteiger partial charge in [-0.05, 0) is 57.1 Å². The third-order valence-corrected chi connectivity index (χ3v) is 8.34. The third kappa shape index (κ3) is 5.26. The summed E-state index contributed by atoms with van der Waals surface area (Å²) >= 11 is 12.6. The molecule has 0 radical (unpaired) electrons.